The molecule has 3 aromatic rings. The number of nitrogens with zero attached hydrogens (tertiary/aromatic N) is 2. The van der Waals surface area contributed by atoms with Crippen LogP contribution in [0.25, 0.3) is 0 Å². The molecule has 11 heteroatoms. The van der Waals surface area contributed by atoms with E-state index in [1.807, 2.05) is 30.3 Å². The Balaban J connectivity index is 0.000000474. The average molecular weight is 557 g/mol. The molecule has 1 heterocycles. The number of aldehydes is 1. The summed E-state index contributed by atoms with van der Waals surface area (Å²) in [5, 5.41) is 25.2. The molecule has 0 fully saturated rings. The largest absolute Gasteiger partial charge is 0.402 e. The Kier molecular flexibility index (Phi) is 13.6. The van der Waals surface area contributed by atoms with Crippen molar-refractivity contribution in [3.8, 4) is 0 Å². The lowest BCUT2D eigenvalue weighted by atomic mass is 10.1. The van der Waals surface area contributed by atoms with Gasteiger partial charge in [-0.25, -0.2) is 0 Å². The number of amides is 1. The number of halogens is 1. The Hall–Kier alpha value is -3.73. The van der Waals surface area contributed by atoms with Crippen LogP contribution in [0.4, 0.5) is 5.13 Å². The number of aliphatic hydroxyl groups is 1. The molecule has 2 aromatic carbocycles. The van der Waals surface area contributed by atoms with Gasteiger partial charge in [-0.2, -0.15) is 0 Å². The van der Waals surface area contributed by atoms with Gasteiger partial charge in [-0.05, 0) is 54.7 Å². The highest BCUT2D eigenvalue weighted by atomic mass is 35.5. The second-order valence-electron chi connectivity index (χ2n) is 8.12. The van der Waals surface area contributed by atoms with Crippen molar-refractivity contribution in [2.45, 2.75) is 38.2 Å². The molecule has 1 aromatic heterocycles. The fourth-order valence-corrected chi connectivity index (χ4v) is 4.07. The number of rotatable bonds is 12. The number of anilines is 1. The van der Waals surface area contributed by atoms with E-state index in [0.717, 1.165) is 48.2 Å². The average Bonchev–Trinajstić information content (AvgIpc) is 3.37. The van der Waals surface area contributed by atoms with Gasteiger partial charge in [0.2, 0.25) is 5.13 Å². The molecule has 0 saturated carbocycles. The minimum atomic E-state index is -1.33. The predicted molar refractivity (Wildman–Crippen MR) is 152 cm³/mol. The van der Waals surface area contributed by atoms with Gasteiger partial charge < -0.3 is 26.7 Å². The highest BCUT2D eigenvalue weighted by Gasteiger charge is 2.19. The van der Waals surface area contributed by atoms with E-state index in [4.69, 9.17) is 23.1 Å². The molecule has 202 valence electrons. The van der Waals surface area contributed by atoms with Crippen molar-refractivity contribution in [1.29, 1.82) is 0 Å². The number of carbonyl (C=O) groups is 2. The van der Waals surface area contributed by atoms with Crippen LogP contribution in [-0.2, 0) is 22.4 Å². The Morgan fingerprint density at radius 1 is 1.11 bits per heavy atom. The quantitative estimate of drug-likeness (QED) is 0.128. The van der Waals surface area contributed by atoms with Crippen LogP contribution in [0.1, 0.15) is 41.5 Å². The number of nitrogens with one attached hydrogen (secondary N) is 2. The fourth-order valence-electron chi connectivity index (χ4n) is 3.09. The summed E-state index contributed by atoms with van der Waals surface area (Å²) in [6.45, 7) is 0. The van der Waals surface area contributed by atoms with E-state index in [9.17, 15) is 14.7 Å². The molecule has 0 aliphatic rings. The van der Waals surface area contributed by atoms with Crippen molar-refractivity contribution in [2.75, 3.05) is 12.4 Å². The van der Waals surface area contributed by atoms with Crippen LogP contribution < -0.4 is 22.1 Å². The zero-order chi connectivity index (χ0) is 27.8. The molecule has 7 N–H and O–H groups in total. The molecular weight excluding hydrogens is 524 g/mol. The predicted octanol–water partition coefficient (Wildman–Crippen LogP) is 3.87. The standard InChI is InChI=1S/C19H25ClN6O2S.C8H8O/c1-23-15(22)10-9-14(21)7-2-3-8-16-25-26-19(29-16)24-18(28)17(27)12-5-4-6-13(20)11-12;9-7-6-8-4-2-1-3-5-8/h4-6,9-11,17,23,27H,2-3,7-8,21-22H2,1H3,(H,24,26,28);1-5,7H,6H2/b14-9-,15-10+;. The fraction of sp³-hybridized carbons (Fsp3) is 0.259. The van der Waals surface area contributed by atoms with Crippen LogP contribution in [0.5, 0.6) is 0 Å². The number of aryl methyl sites for hydroxylation is 1. The molecule has 0 aliphatic heterocycles. The van der Waals surface area contributed by atoms with Crippen LogP contribution in [-0.4, -0.2) is 34.5 Å². The van der Waals surface area contributed by atoms with E-state index in [1.54, 1.807) is 43.5 Å². The van der Waals surface area contributed by atoms with Crippen molar-refractivity contribution in [2.24, 2.45) is 11.5 Å². The summed E-state index contributed by atoms with van der Waals surface area (Å²) in [4.78, 5) is 22.2. The van der Waals surface area contributed by atoms with Gasteiger partial charge >= 0.3 is 0 Å². The lowest BCUT2D eigenvalue weighted by Gasteiger charge is -2.09. The van der Waals surface area contributed by atoms with Crippen LogP contribution in [0.15, 0.2) is 78.3 Å². The minimum absolute atomic E-state index is 0.346. The number of unbranched alkanes of at least 4 members (excludes halogenated alkanes) is 1. The lowest BCUT2D eigenvalue weighted by Crippen LogP contribution is -2.20. The second-order valence-corrected chi connectivity index (χ2v) is 9.62. The number of allylic oxidation sites excluding steroid dienone is 3. The molecule has 3 rings (SSSR count). The van der Waals surface area contributed by atoms with Gasteiger partial charge in [-0.1, -0.05) is 65.4 Å². The highest BCUT2D eigenvalue weighted by molar-refractivity contribution is 7.15. The summed E-state index contributed by atoms with van der Waals surface area (Å²) in [6.07, 6.45) is 6.88. The number of hydrogen-bond donors (Lipinski definition) is 5. The lowest BCUT2D eigenvalue weighted by molar-refractivity contribution is -0.124. The van der Waals surface area contributed by atoms with E-state index in [-0.39, 0.29) is 0 Å². The third-order valence-corrected chi connectivity index (χ3v) is 6.28. The van der Waals surface area contributed by atoms with Crippen molar-refractivity contribution in [3.63, 3.8) is 0 Å². The first-order valence-corrected chi connectivity index (χ1v) is 13.2. The van der Waals surface area contributed by atoms with Crippen LogP contribution >= 0.6 is 22.9 Å². The maximum absolute atomic E-state index is 12.2. The molecule has 0 aliphatic carbocycles. The molecule has 9 nitrogen and oxygen atoms in total. The number of nitrogens with two attached hydrogens (primary N) is 2. The van der Waals surface area contributed by atoms with Crippen molar-refractivity contribution < 1.29 is 14.7 Å². The van der Waals surface area contributed by atoms with E-state index in [1.165, 1.54) is 11.3 Å². The molecule has 0 spiro atoms. The van der Waals surface area contributed by atoms with Gasteiger partial charge in [0.25, 0.3) is 5.91 Å². The third-order valence-electron chi connectivity index (χ3n) is 5.14. The van der Waals surface area contributed by atoms with Crippen LogP contribution in [0.2, 0.25) is 5.02 Å². The molecule has 1 atom stereocenters. The Morgan fingerprint density at radius 3 is 2.55 bits per heavy atom. The third kappa shape index (κ3) is 11.5. The molecule has 0 bridgehead atoms. The summed E-state index contributed by atoms with van der Waals surface area (Å²) in [5.74, 6) is -0.0290. The number of aromatic nitrogens is 2. The number of benzene rings is 2. The Labute approximate surface area is 231 Å². The Morgan fingerprint density at radius 2 is 1.87 bits per heavy atom. The molecule has 1 amide bonds. The number of aliphatic hydroxyl groups excluding tert-OH is 1. The number of carbonyl (C=O) groups excluding carboxylic acids is 2. The van der Waals surface area contributed by atoms with Crippen LogP contribution in [0.3, 0.4) is 0 Å². The summed E-state index contributed by atoms with van der Waals surface area (Å²) < 4.78 is 0. The van der Waals surface area contributed by atoms with Gasteiger partial charge in [-0.15, -0.1) is 10.2 Å². The van der Waals surface area contributed by atoms with Crippen molar-refractivity contribution in [3.05, 3.63) is 99.4 Å². The number of hydrogen-bond acceptors (Lipinski definition) is 9. The molecule has 38 heavy (non-hydrogen) atoms. The van der Waals surface area contributed by atoms with E-state index < -0.39 is 12.0 Å². The normalized spacial score (nSPS) is 12.2. The molecule has 1 unspecified atom stereocenters. The summed E-state index contributed by atoms with van der Waals surface area (Å²) in [6, 6.07) is 16.2. The first kappa shape index (κ1) is 30.5. The van der Waals surface area contributed by atoms with Crippen molar-refractivity contribution in [1.82, 2.24) is 15.5 Å². The molecular formula is C27H33ClN6O3S. The van der Waals surface area contributed by atoms with E-state index in [0.29, 0.717) is 28.0 Å². The van der Waals surface area contributed by atoms with E-state index >= 15 is 0 Å². The SMILES string of the molecule is CN/C(N)=C/C=C(\N)CCCCc1nnc(NC(=O)C(O)c2cccc(Cl)c2)s1.O=CCc1ccccc1. The maximum atomic E-state index is 12.2. The smallest absolute Gasteiger partial charge is 0.259 e. The van der Waals surface area contributed by atoms with Gasteiger partial charge in [0.05, 0.1) is 5.82 Å². The Bertz CT molecular complexity index is 1220. The topological polar surface area (TPSA) is 156 Å². The summed E-state index contributed by atoms with van der Waals surface area (Å²) in [5.41, 5.74) is 13.8. The van der Waals surface area contributed by atoms with E-state index in [2.05, 4.69) is 20.8 Å². The van der Waals surface area contributed by atoms with Crippen molar-refractivity contribution >= 4 is 40.3 Å². The van der Waals surface area contributed by atoms with Gasteiger partial charge in [0.15, 0.2) is 6.10 Å². The monoisotopic (exact) mass is 556 g/mol. The maximum Gasteiger partial charge on any atom is 0.259 e. The molecule has 0 radical (unpaired) electrons. The summed E-state index contributed by atoms with van der Waals surface area (Å²) in [7, 11) is 1.74. The summed E-state index contributed by atoms with van der Waals surface area (Å²) >= 11 is 7.17. The van der Waals surface area contributed by atoms with Gasteiger partial charge in [0, 0.05) is 30.6 Å². The van der Waals surface area contributed by atoms with Crippen LogP contribution in [0, 0.1) is 0 Å². The second kappa shape index (κ2) is 16.9. The van der Waals surface area contributed by atoms with Gasteiger partial charge in [-0.3, -0.25) is 10.1 Å². The van der Waals surface area contributed by atoms with Gasteiger partial charge in [0.1, 0.15) is 11.3 Å². The minimum Gasteiger partial charge on any atom is -0.402 e. The zero-order valence-electron chi connectivity index (χ0n) is 21.1. The first-order valence-electron chi connectivity index (χ1n) is 12.0. The first-order chi connectivity index (χ1) is 18.3. The zero-order valence-corrected chi connectivity index (χ0v) is 22.7. The highest BCUT2D eigenvalue weighted by Crippen LogP contribution is 2.22. The molecule has 0 saturated heterocycles.